The van der Waals surface area contributed by atoms with E-state index in [4.69, 9.17) is 20.2 Å². The molecule has 4 N–H and O–H groups in total. The molecular weight excluding hydrogens is 482 g/mol. The van der Waals surface area contributed by atoms with Crippen molar-refractivity contribution < 1.29 is 14.3 Å². The molecule has 4 heterocycles. The Bertz CT molecular complexity index is 1300. The highest BCUT2D eigenvalue weighted by molar-refractivity contribution is 5.83. The van der Waals surface area contributed by atoms with Crippen molar-refractivity contribution in [3.8, 4) is 16.9 Å². The molecule has 2 unspecified atom stereocenters. The lowest BCUT2D eigenvalue weighted by molar-refractivity contribution is 0.00682. The van der Waals surface area contributed by atoms with Gasteiger partial charge in [0.05, 0.1) is 24.7 Å². The van der Waals surface area contributed by atoms with Crippen molar-refractivity contribution in [1.29, 1.82) is 0 Å². The summed E-state index contributed by atoms with van der Waals surface area (Å²) < 4.78 is 13.0. The molecule has 2 aliphatic heterocycles. The van der Waals surface area contributed by atoms with Crippen molar-refractivity contribution in [2.45, 2.75) is 70.2 Å². The number of piperidine rings is 1. The molecule has 10 nitrogen and oxygen atoms in total. The SMILES string of the molecule is COc1cc(N)c(Nc2cccc(NC3CC4CCC(C3)N4C(=O)OC(C)(C)C)n2)cc1-c1cnn(C)c1. The van der Waals surface area contributed by atoms with Gasteiger partial charge in [-0.2, -0.15) is 5.10 Å². The van der Waals surface area contributed by atoms with E-state index in [-0.39, 0.29) is 24.2 Å². The highest BCUT2D eigenvalue weighted by atomic mass is 16.6. The van der Waals surface area contributed by atoms with Crippen LogP contribution in [0, 0.1) is 0 Å². The summed E-state index contributed by atoms with van der Waals surface area (Å²) in [5.41, 5.74) is 8.97. The molecule has 2 atom stereocenters. The number of fused-ring (bicyclic) bond motifs is 2. The summed E-state index contributed by atoms with van der Waals surface area (Å²) in [6, 6.07) is 10.2. The lowest BCUT2D eigenvalue weighted by Gasteiger charge is -2.39. The van der Waals surface area contributed by atoms with E-state index in [0.29, 0.717) is 17.3 Å². The van der Waals surface area contributed by atoms with E-state index in [2.05, 4.69) is 15.7 Å². The Morgan fingerprint density at radius 1 is 1.13 bits per heavy atom. The van der Waals surface area contributed by atoms with Crippen LogP contribution in [0.1, 0.15) is 46.5 Å². The molecular formula is C28H37N7O3. The van der Waals surface area contributed by atoms with Crippen LogP contribution in [0.15, 0.2) is 42.7 Å². The largest absolute Gasteiger partial charge is 0.496 e. The number of hydrogen-bond donors (Lipinski definition) is 3. The minimum Gasteiger partial charge on any atom is -0.496 e. The minimum absolute atomic E-state index is 0.187. The fourth-order valence-electron chi connectivity index (χ4n) is 5.50. The van der Waals surface area contributed by atoms with Gasteiger partial charge < -0.3 is 30.7 Å². The third-order valence-corrected chi connectivity index (χ3v) is 7.09. The molecule has 2 aromatic heterocycles. The van der Waals surface area contributed by atoms with Gasteiger partial charge in [0.2, 0.25) is 0 Å². The van der Waals surface area contributed by atoms with Crippen molar-refractivity contribution in [2.75, 3.05) is 23.5 Å². The first kappa shape index (κ1) is 25.7. The van der Waals surface area contributed by atoms with Crippen molar-refractivity contribution in [3.63, 3.8) is 0 Å². The smallest absolute Gasteiger partial charge is 0.410 e. The molecule has 0 aliphatic carbocycles. The summed E-state index contributed by atoms with van der Waals surface area (Å²) >= 11 is 0. The monoisotopic (exact) mass is 519 g/mol. The van der Waals surface area contributed by atoms with Gasteiger partial charge in [0.1, 0.15) is 23.0 Å². The summed E-state index contributed by atoms with van der Waals surface area (Å²) in [4.78, 5) is 19.5. The van der Waals surface area contributed by atoms with Crippen LogP contribution < -0.4 is 21.1 Å². The molecule has 0 radical (unpaired) electrons. The minimum atomic E-state index is -0.491. The second-order valence-electron chi connectivity index (χ2n) is 11.2. The molecule has 0 saturated carbocycles. The number of methoxy groups -OCH3 is 1. The van der Waals surface area contributed by atoms with Gasteiger partial charge in [-0.3, -0.25) is 4.68 Å². The van der Waals surface area contributed by atoms with Gasteiger partial charge >= 0.3 is 6.09 Å². The van der Waals surface area contributed by atoms with Crippen LogP contribution in [0.25, 0.3) is 11.1 Å². The number of nitrogens with one attached hydrogen (secondary N) is 2. The van der Waals surface area contributed by atoms with E-state index in [0.717, 1.165) is 48.3 Å². The number of hydrogen-bond acceptors (Lipinski definition) is 8. The Balaban J connectivity index is 1.28. The van der Waals surface area contributed by atoms with E-state index >= 15 is 0 Å². The number of nitrogens with zero attached hydrogens (tertiary/aromatic N) is 4. The third kappa shape index (κ3) is 5.49. The first-order valence-electron chi connectivity index (χ1n) is 13.1. The normalized spacial score (nSPS) is 20.8. The Morgan fingerprint density at radius 2 is 1.84 bits per heavy atom. The van der Waals surface area contributed by atoms with Gasteiger partial charge in [-0.25, -0.2) is 9.78 Å². The highest BCUT2D eigenvalue weighted by Crippen LogP contribution is 2.39. The molecule has 10 heteroatoms. The number of ether oxygens (including phenoxy) is 2. The van der Waals surface area contributed by atoms with Crippen molar-refractivity contribution in [2.24, 2.45) is 7.05 Å². The zero-order chi connectivity index (χ0) is 27.0. The molecule has 38 heavy (non-hydrogen) atoms. The lowest BCUT2D eigenvalue weighted by Crippen LogP contribution is -2.51. The fourth-order valence-corrected chi connectivity index (χ4v) is 5.50. The zero-order valence-corrected chi connectivity index (χ0v) is 22.7. The number of pyridine rings is 1. The van der Waals surface area contributed by atoms with Crippen LogP contribution in [-0.2, 0) is 11.8 Å². The first-order chi connectivity index (χ1) is 18.1. The predicted octanol–water partition coefficient (Wildman–Crippen LogP) is 5.16. The van der Waals surface area contributed by atoms with Gasteiger partial charge in [-0.1, -0.05) is 6.07 Å². The van der Waals surface area contributed by atoms with Gasteiger partial charge in [-0.05, 0) is 64.7 Å². The van der Waals surface area contributed by atoms with E-state index in [9.17, 15) is 4.79 Å². The number of aromatic nitrogens is 3. The van der Waals surface area contributed by atoms with Crippen LogP contribution >= 0.6 is 0 Å². The molecule has 202 valence electrons. The van der Waals surface area contributed by atoms with Crippen molar-refractivity contribution in [3.05, 3.63) is 42.7 Å². The maximum absolute atomic E-state index is 12.8. The van der Waals surface area contributed by atoms with E-state index < -0.39 is 5.60 Å². The van der Waals surface area contributed by atoms with E-state index in [1.165, 1.54) is 0 Å². The Kier molecular flexibility index (Phi) is 6.81. The van der Waals surface area contributed by atoms with Crippen molar-refractivity contribution in [1.82, 2.24) is 19.7 Å². The number of amides is 1. The van der Waals surface area contributed by atoms with Gasteiger partial charge in [0, 0.05) is 48.6 Å². The molecule has 1 aromatic carbocycles. The first-order valence-corrected chi connectivity index (χ1v) is 13.1. The van der Waals surface area contributed by atoms with Crippen LogP contribution in [0.3, 0.4) is 0 Å². The predicted molar refractivity (Wildman–Crippen MR) is 149 cm³/mol. The van der Waals surface area contributed by atoms with Crippen molar-refractivity contribution >= 4 is 29.1 Å². The molecule has 2 aliphatic rings. The van der Waals surface area contributed by atoms with E-state index in [1.54, 1.807) is 24.1 Å². The molecule has 3 aromatic rings. The second kappa shape index (κ2) is 10.1. The van der Waals surface area contributed by atoms with Crippen LogP contribution in [0.5, 0.6) is 5.75 Å². The molecule has 2 fully saturated rings. The Morgan fingerprint density at radius 3 is 2.47 bits per heavy atom. The average Bonchev–Trinajstić information content (AvgIpc) is 3.39. The number of carbonyl (C=O) groups excluding carboxylic acids is 1. The lowest BCUT2D eigenvalue weighted by atomic mass is 9.97. The molecule has 0 spiro atoms. The van der Waals surface area contributed by atoms with Crippen LogP contribution in [-0.4, -0.2) is 56.6 Å². The third-order valence-electron chi connectivity index (χ3n) is 7.09. The molecule has 2 saturated heterocycles. The number of nitrogens with two attached hydrogens (primary N) is 1. The number of carbonyl (C=O) groups is 1. The van der Waals surface area contributed by atoms with Gasteiger partial charge in [0.15, 0.2) is 0 Å². The highest BCUT2D eigenvalue weighted by Gasteiger charge is 2.44. The standard InChI is InChI=1S/C28H37N7O3/c1-28(2,3)38-27(36)35-19-9-10-20(35)12-18(11-19)31-25-7-6-8-26(33-25)32-23-13-21(17-15-30-34(4)16-17)24(37-5)14-22(23)29/h6-8,13-16,18-20H,9-12,29H2,1-5H3,(H2,31,32,33). The average molecular weight is 520 g/mol. The maximum atomic E-state index is 12.8. The van der Waals surface area contributed by atoms with Crippen LogP contribution in [0.2, 0.25) is 0 Å². The van der Waals surface area contributed by atoms with Gasteiger partial charge in [-0.15, -0.1) is 0 Å². The Hall–Kier alpha value is -3.95. The maximum Gasteiger partial charge on any atom is 0.410 e. The van der Waals surface area contributed by atoms with Gasteiger partial charge in [0.25, 0.3) is 0 Å². The summed E-state index contributed by atoms with van der Waals surface area (Å²) in [6.45, 7) is 5.73. The summed E-state index contributed by atoms with van der Waals surface area (Å²) in [6.07, 6.45) is 7.28. The molecule has 1 amide bonds. The second-order valence-corrected chi connectivity index (χ2v) is 11.2. The number of nitrogen functional groups attached to an aromatic ring is 1. The quantitative estimate of drug-likeness (QED) is 0.382. The zero-order valence-electron chi connectivity index (χ0n) is 22.7. The molecule has 5 rings (SSSR count). The fraction of sp³-hybridized carbons (Fsp3) is 0.464. The Labute approximate surface area is 223 Å². The topological polar surface area (TPSA) is 120 Å². The number of anilines is 4. The molecule has 2 bridgehead atoms. The van der Waals surface area contributed by atoms with Crippen LogP contribution in [0.4, 0.5) is 27.8 Å². The summed E-state index contributed by atoms with van der Waals surface area (Å²) in [5, 5.41) is 11.2. The summed E-state index contributed by atoms with van der Waals surface area (Å²) in [7, 11) is 3.50. The van der Waals surface area contributed by atoms with E-state index in [1.807, 2.05) is 63.2 Å². The number of rotatable bonds is 6. The summed E-state index contributed by atoms with van der Waals surface area (Å²) in [5.74, 6) is 2.14. The number of aryl methyl sites for hydroxylation is 1. The number of benzene rings is 1.